The van der Waals surface area contributed by atoms with Gasteiger partial charge in [0.2, 0.25) is 0 Å². The van der Waals surface area contributed by atoms with Crippen LogP contribution >= 0.6 is 0 Å². The van der Waals surface area contributed by atoms with Gasteiger partial charge in [-0.1, -0.05) is 58.4 Å². The van der Waals surface area contributed by atoms with Gasteiger partial charge in [0.05, 0.1) is 24.4 Å². The van der Waals surface area contributed by atoms with Crippen LogP contribution in [-0.2, 0) is 14.3 Å². The SMILES string of the molecule is C[C@H](C/C=C/C(C)(C)O)C1CC[C@@]2(C)C3C(O)C=C4C(CC[C@H](O[C@@H]5O[C@H](CO)[C@@H](O)[C@H](O)[C@H]5O)C4(C)C)C3(C=O)CC[C@]12C. The van der Waals surface area contributed by atoms with Gasteiger partial charge in [0.1, 0.15) is 30.7 Å². The van der Waals surface area contributed by atoms with E-state index in [1.807, 2.05) is 26.0 Å². The molecule has 0 spiro atoms. The van der Waals surface area contributed by atoms with Crippen LogP contribution in [0.3, 0.4) is 0 Å². The van der Waals surface area contributed by atoms with E-state index in [1.54, 1.807) is 13.8 Å². The number of aliphatic hydroxyl groups excluding tert-OH is 5. The summed E-state index contributed by atoms with van der Waals surface area (Å²) in [5, 5.41) is 63.1. The Morgan fingerprint density at radius 1 is 1.00 bits per heavy atom. The molecule has 1 heterocycles. The predicted molar refractivity (Wildman–Crippen MR) is 169 cm³/mol. The molecule has 0 bridgehead atoms. The lowest BCUT2D eigenvalue weighted by molar-refractivity contribution is -0.320. The number of aldehydes is 1. The summed E-state index contributed by atoms with van der Waals surface area (Å²) in [6, 6.07) is 0. The van der Waals surface area contributed by atoms with Gasteiger partial charge in [0.15, 0.2) is 6.29 Å². The second kappa shape index (κ2) is 12.1. The van der Waals surface area contributed by atoms with Crippen LogP contribution < -0.4 is 0 Å². The van der Waals surface area contributed by atoms with Gasteiger partial charge in [-0.25, -0.2) is 0 Å². The van der Waals surface area contributed by atoms with Gasteiger partial charge < -0.3 is 44.9 Å². The molecule has 0 amide bonds. The lowest BCUT2D eigenvalue weighted by Crippen LogP contribution is -2.65. The van der Waals surface area contributed by atoms with Crippen molar-refractivity contribution in [2.75, 3.05) is 6.61 Å². The van der Waals surface area contributed by atoms with Gasteiger partial charge in [-0.2, -0.15) is 0 Å². The fourth-order valence-corrected chi connectivity index (χ4v) is 10.9. The zero-order valence-corrected chi connectivity index (χ0v) is 28.2. The average Bonchev–Trinajstić information content (AvgIpc) is 3.24. The Bertz CT molecular complexity index is 1160. The monoisotopic (exact) mass is 634 g/mol. The second-order valence-corrected chi connectivity index (χ2v) is 16.7. The first-order valence-electron chi connectivity index (χ1n) is 17.1. The third-order valence-electron chi connectivity index (χ3n) is 13.5. The molecule has 1 aliphatic heterocycles. The van der Waals surface area contributed by atoms with E-state index >= 15 is 0 Å². The predicted octanol–water partition coefficient (Wildman–Crippen LogP) is 3.28. The summed E-state index contributed by atoms with van der Waals surface area (Å²) in [6.45, 7) is 14.1. The van der Waals surface area contributed by atoms with Crippen molar-refractivity contribution in [3.05, 3.63) is 23.8 Å². The van der Waals surface area contributed by atoms with E-state index in [1.165, 1.54) is 6.29 Å². The van der Waals surface area contributed by atoms with Gasteiger partial charge in [-0.05, 0) is 87.4 Å². The molecular formula is C36H58O9. The summed E-state index contributed by atoms with van der Waals surface area (Å²) in [5.41, 5.74) is -1.46. The minimum absolute atomic E-state index is 0.0442. The molecule has 5 unspecified atom stereocenters. The smallest absolute Gasteiger partial charge is 0.187 e. The number of rotatable bonds is 8. The van der Waals surface area contributed by atoms with E-state index in [0.29, 0.717) is 31.1 Å². The molecule has 4 aliphatic carbocycles. The van der Waals surface area contributed by atoms with Crippen molar-refractivity contribution in [3.8, 4) is 0 Å². The Morgan fingerprint density at radius 3 is 2.31 bits per heavy atom. The summed E-state index contributed by atoms with van der Waals surface area (Å²) in [5.74, 6) is 0.577. The van der Waals surface area contributed by atoms with Crippen molar-refractivity contribution in [3.63, 3.8) is 0 Å². The number of allylic oxidation sites excluding steroid dienone is 1. The lowest BCUT2D eigenvalue weighted by atomic mass is 9.38. The standard InChI is InChI=1S/C36H58O9/c1-20(9-8-13-32(2,3)43)21-12-14-35(7)30-24(39)17-23-22(36(30,19-38)16-15-34(21,35)6)10-11-26(33(23,4)5)45-31-29(42)28(41)27(40)25(18-37)44-31/h8,13,17,19-22,24-31,37,39-43H,9-12,14-16,18H2,1-7H3/b13-8+/t20-,21?,22?,24?,25-,26+,27-,28+,29-,30?,31+,34-,35+,36?/m1/s1. The number of hydrogen-bond acceptors (Lipinski definition) is 9. The molecule has 0 radical (unpaired) electrons. The molecule has 0 aromatic carbocycles. The zero-order chi connectivity index (χ0) is 33.3. The summed E-state index contributed by atoms with van der Waals surface area (Å²) in [4.78, 5) is 13.5. The molecule has 5 aliphatic rings. The topological polar surface area (TPSA) is 157 Å². The van der Waals surface area contributed by atoms with Crippen molar-refractivity contribution in [1.29, 1.82) is 0 Å². The van der Waals surface area contributed by atoms with Crippen LogP contribution in [-0.4, -0.2) is 92.0 Å². The number of fused-ring (bicyclic) bond motifs is 5. The minimum Gasteiger partial charge on any atom is -0.394 e. The van der Waals surface area contributed by atoms with E-state index < -0.39 is 66.0 Å². The number of ether oxygens (including phenoxy) is 2. The highest BCUT2D eigenvalue weighted by molar-refractivity contribution is 5.65. The van der Waals surface area contributed by atoms with Crippen molar-refractivity contribution in [2.24, 2.45) is 45.3 Å². The van der Waals surface area contributed by atoms with Gasteiger partial charge in [0.25, 0.3) is 0 Å². The largest absolute Gasteiger partial charge is 0.394 e. The highest BCUT2D eigenvalue weighted by Crippen LogP contribution is 2.74. The number of carbonyl (C=O) groups is 1. The van der Waals surface area contributed by atoms with Gasteiger partial charge in [-0.3, -0.25) is 0 Å². The van der Waals surface area contributed by atoms with Crippen LogP contribution in [0.25, 0.3) is 0 Å². The molecule has 6 N–H and O–H groups in total. The van der Waals surface area contributed by atoms with Crippen LogP contribution in [0.2, 0.25) is 0 Å². The first-order valence-corrected chi connectivity index (χ1v) is 17.1. The molecule has 5 rings (SSSR count). The Balaban J connectivity index is 1.42. The van der Waals surface area contributed by atoms with Crippen LogP contribution in [0, 0.1) is 45.3 Å². The molecule has 4 fully saturated rings. The first-order chi connectivity index (χ1) is 20.9. The van der Waals surface area contributed by atoms with Crippen molar-refractivity contribution < 1.29 is 44.9 Å². The molecule has 0 aromatic rings. The molecule has 9 nitrogen and oxygen atoms in total. The fourth-order valence-electron chi connectivity index (χ4n) is 10.9. The van der Waals surface area contributed by atoms with E-state index in [-0.39, 0.29) is 22.7 Å². The normalized spacial score (nSPS) is 48.7. The Labute approximate surface area is 268 Å². The fraction of sp³-hybridized carbons (Fsp3) is 0.861. The average molecular weight is 635 g/mol. The highest BCUT2D eigenvalue weighted by atomic mass is 16.7. The van der Waals surface area contributed by atoms with Gasteiger partial charge in [-0.15, -0.1) is 0 Å². The molecule has 1 saturated heterocycles. The van der Waals surface area contributed by atoms with Gasteiger partial charge >= 0.3 is 0 Å². The Hall–Kier alpha value is -1.17. The maximum atomic E-state index is 13.5. The van der Waals surface area contributed by atoms with Crippen molar-refractivity contribution in [2.45, 2.75) is 142 Å². The van der Waals surface area contributed by atoms with Crippen molar-refractivity contribution >= 4 is 6.29 Å². The van der Waals surface area contributed by atoms with E-state index in [2.05, 4.69) is 26.8 Å². The summed E-state index contributed by atoms with van der Waals surface area (Å²) < 4.78 is 12.0. The summed E-state index contributed by atoms with van der Waals surface area (Å²) in [7, 11) is 0. The number of carbonyl (C=O) groups excluding carboxylic acids is 1. The molecule has 3 saturated carbocycles. The van der Waals surface area contributed by atoms with Crippen LogP contribution in [0.15, 0.2) is 23.8 Å². The van der Waals surface area contributed by atoms with Crippen molar-refractivity contribution in [1.82, 2.24) is 0 Å². The van der Waals surface area contributed by atoms with Crippen LogP contribution in [0.5, 0.6) is 0 Å². The molecule has 256 valence electrons. The third kappa shape index (κ3) is 5.51. The maximum absolute atomic E-state index is 13.5. The Kier molecular flexibility index (Phi) is 9.42. The minimum atomic E-state index is -1.53. The molecule has 45 heavy (non-hydrogen) atoms. The molecule has 14 atom stereocenters. The van der Waals surface area contributed by atoms with E-state index in [0.717, 1.165) is 31.3 Å². The zero-order valence-electron chi connectivity index (χ0n) is 28.2. The summed E-state index contributed by atoms with van der Waals surface area (Å²) >= 11 is 0. The Morgan fingerprint density at radius 2 is 1.69 bits per heavy atom. The highest BCUT2D eigenvalue weighted by Gasteiger charge is 2.71. The van der Waals surface area contributed by atoms with Gasteiger partial charge in [0, 0.05) is 16.7 Å². The molecular weight excluding hydrogens is 576 g/mol. The third-order valence-corrected chi connectivity index (χ3v) is 13.5. The number of aliphatic hydroxyl groups is 6. The lowest BCUT2D eigenvalue weighted by Gasteiger charge is -2.66. The van der Waals surface area contributed by atoms with Crippen LogP contribution in [0.1, 0.15) is 93.4 Å². The quantitative estimate of drug-likeness (QED) is 0.174. The summed E-state index contributed by atoms with van der Waals surface area (Å²) in [6.07, 6.45) is 4.84. The van der Waals surface area contributed by atoms with E-state index in [9.17, 15) is 35.4 Å². The molecule has 9 heteroatoms. The molecule has 0 aromatic heterocycles. The van der Waals surface area contributed by atoms with E-state index in [4.69, 9.17) is 9.47 Å². The maximum Gasteiger partial charge on any atom is 0.187 e. The number of hydrogen-bond donors (Lipinski definition) is 6. The second-order valence-electron chi connectivity index (χ2n) is 16.7. The first kappa shape index (κ1) is 35.1. The van der Waals surface area contributed by atoms with Crippen LogP contribution in [0.4, 0.5) is 0 Å².